The zero-order valence-electron chi connectivity index (χ0n) is 7.92. The number of nitrogens with two attached hydrogens (primary N) is 2. The van der Waals surface area contributed by atoms with Crippen LogP contribution in [0.3, 0.4) is 0 Å². The van der Waals surface area contributed by atoms with E-state index in [-0.39, 0.29) is 5.54 Å². The highest BCUT2D eigenvalue weighted by Gasteiger charge is 2.37. The number of rotatable bonds is 3. The minimum atomic E-state index is -0.403. The Bertz CT molecular complexity index is 394. The Kier molecular flexibility index (Phi) is 2.03. The van der Waals surface area contributed by atoms with Crippen LogP contribution in [0.4, 0.5) is 5.82 Å². The number of aromatic amines is 1. The molecule has 14 heavy (non-hydrogen) atoms. The molecule has 2 rings (SSSR count). The summed E-state index contributed by atoms with van der Waals surface area (Å²) in [7, 11) is 0. The molecular weight excluding hydrogens is 180 g/mol. The van der Waals surface area contributed by atoms with Gasteiger partial charge in [-0.25, -0.2) is 9.78 Å². The van der Waals surface area contributed by atoms with Crippen LogP contribution in [-0.2, 0) is 6.42 Å². The average molecular weight is 194 g/mol. The maximum atomic E-state index is 10.8. The monoisotopic (exact) mass is 194 g/mol. The summed E-state index contributed by atoms with van der Waals surface area (Å²) in [6.07, 6.45) is 5.39. The van der Waals surface area contributed by atoms with Crippen LogP contribution in [-0.4, -0.2) is 15.5 Å². The second-order valence-corrected chi connectivity index (χ2v) is 3.99. The molecule has 1 aliphatic rings. The summed E-state index contributed by atoms with van der Waals surface area (Å²) in [6.45, 7) is 0. The first-order valence-electron chi connectivity index (χ1n) is 4.72. The van der Waals surface area contributed by atoms with Crippen molar-refractivity contribution in [3.8, 4) is 0 Å². The summed E-state index contributed by atoms with van der Waals surface area (Å²) in [4.78, 5) is 16.9. The number of anilines is 1. The summed E-state index contributed by atoms with van der Waals surface area (Å²) in [5.41, 5.74) is 12.1. The Morgan fingerprint density at radius 2 is 2.29 bits per heavy atom. The summed E-state index contributed by atoms with van der Waals surface area (Å²) >= 11 is 0. The van der Waals surface area contributed by atoms with Crippen LogP contribution < -0.4 is 17.2 Å². The van der Waals surface area contributed by atoms with E-state index >= 15 is 0 Å². The molecule has 0 aromatic carbocycles. The van der Waals surface area contributed by atoms with Gasteiger partial charge >= 0.3 is 5.69 Å². The Morgan fingerprint density at radius 3 is 2.86 bits per heavy atom. The third kappa shape index (κ3) is 1.93. The van der Waals surface area contributed by atoms with E-state index in [9.17, 15) is 4.79 Å². The Balaban J connectivity index is 2.05. The highest BCUT2D eigenvalue weighted by atomic mass is 16.1. The van der Waals surface area contributed by atoms with E-state index in [2.05, 4.69) is 9.97 Å². The predicted octanol–water partition coefficient (Wildman–Crippen LogP) is -0.224. The van der Waals surface area contributed by atoms with Crippen molar-refractivity contribution >= 4 is 5.82 Å². The molecule has 0 radical (unpaired) electrons. The second-order valence-electron chi connectivity index (χ2n) is 3.99. The Morgan fingerprint density at radius 1 is 1.57 bits per heavy atom. The molecule has 1 heterocycles. The van der Waals surface area contributed by atoms with Gasteiger partial charge < -0.3 is 11.5 Å². The number of nitrogens with zero attached hydrogens (tertiary/aromatic N) is 1. The standard InChI is InChI=1S/C9H14N4O/c10-7-6(5-12-8(14)13-7)1-2-9(11)3-4-9/h5H,1-4,11H2,(H3,10,12,13,14). The molecule has 0 bridgehead atoms. The Labute approximate surface area is 81.5 Å². The summed E-state index contributed by atoms with van der Waals surface area (Å²) in [6, 6.07) is 0. The van der Waals surface area contributed by atoms with Crippen LogP contribution in [0.2, 0.25) is 0 Å². The number of hydrogen-bond acceptors (Lipinski definition) is 4. The lowest BCUT2D eigenvalue weighted by molar-refractivity contribution is 0.608. The minimum Gasteiger partial charge on any atom is -0.385 e. The third-order valence-corrected chi connectivity index (χ3v) is 2.71. The van der Waals surface area contributed by atoms with Crippen LogP contribution in [0, 0.1) is 0 Å². The molecule has 1 fully saturated rings. The van der Waals surface area contributed by atoms with Gasteiger partial charge in [-0.1, -0.05) is 0 Å². The number of hydrogen-bond donors (Lipinski definition) is 3. The van der Waals surface area contributed by atoms with E-state index in [0.29, 0.717) is 5.82 Å². The van der Waals surface area contributed by atoms with Gasteiger partial charge in [-0.3, -0.25) is 4.98 Å². The van der Waals surface area contributed by atoms with Crippen molar-refractivity contribution in [1.29, 1.82) is 0 Å². The fourth-order valence-corrected chi connectivity index (χ4v) is 1.43. The average Bonchev–Trinajstić information content (AvgIpc) is 2.83. The highest BCUT2D eigenvalue weighted by molar-refractivity contribution is 5.36. The van der Waals surface area contributed by atoms with E-state index in [0.717, 1.165) is 31.2 Å². The zero-order valence-corrected chi connectivity index (χ0v) is 7.92. The van der Waals surface area contributed by atoms with Crippen molar-refractivity contribution in [3.63, 3.8) is 0 Å². The molecule has 5 N–H and O–H groups in total. The van der Waals surface area contributed by atoms with Gasteiger partial charge in [0.25, 0.3) is 0 Å². The second kappa shape index (κ2) is 3.09. The van der Waals surface area contributed by atoms with Crippen molar-refractivity contribution in [2.75, 3.05) is 5.73 Å². The Hall–Kier alpha value is -1.36. The van der Waals surface area contributed by atoms with Crippen LogP contribution in [0.25, 0.3) is 0 Å². The lowest BCUT2D eigenvalue weighted by atomic mass is 10.1. The van der Waals surface area contributed by atoms with Gasteiger partial charge in [0.15, 0.2) is 0 Å². The van der Waals surface area contributed by atoms with E-state index in [1.807, 2.05) is 0 Å². The van der Waals surface area contributed by atoms with Crippen molar-refractivity contribution in [2.24, 2.45) is 5.73 Å². The van der Waals surface area contributed by atoms with Crippen molar-refractivity contribution < 1.29 is 0 Å². The summed E-state index contributed by atoms with van der Waals surface area (Å²) in [5.74, 6) is 0.411. The van der Waals surface area contributed by atoms with Gasteiger partial charge in [0.1, 0.15) is 5.82 Å². The molecule has 0 saturated heterocycles. The first-order chi connectivity index (χ1) is 6.59. The molecule has 0 spiro atoms. The van der Waals surface area contributed by atoms with Gasteiger partial charge in [-0.15, -0.1) is 0 Å². The quantitative estimate of drug-likeness (QED) is 0.619. The molecule has 5 nitrogen and oxygen atoms in total. The molecule has 5 heteroatoms. The van der Waals surface area contributed by atoms with Crippen LogP contribution in [0.15, 0.2) is 11.0 Å². The first-order valence-corrected chi connectivity index (χ1v) is 4.72. The van der Waals surface area contributed by atoms with Crippen molar-refractivity contribution in [1.82, 2.24) is 9.97 Å². The van der Waals surface area contributed by atoms with E-state index in [1.54, 1.807) is 0 Å². The number of nitrogens with one attached hydrogen (secondary N) is 1. The maximum absolute atomic E-state index is 10.8. The largest absolute Gasteiger partial charge is 0.385 e. The molecule has 76 valence electrons. The van der Waals surface area contributed by atoms with Gasteiger partial charge in [0.2, 0.25) is 0 Å². The van der Waals surface area contributed by atoms with E-state index in [1.165, 1.54) is 6.20 Å². The van der Waals surface area contributed by atoms with Crippen molar-refractivity contribution in [3.05, 3.63) is 22.2 Å². The fourth-order valence-electron chi connectivity index (χ4n) is 1.43. The van der Waals surface area contributed by atoms with Crippen LogP contribution in [0.5, 0.6) is 0 Å². The molecule has 1 aliphatic carbocycles. The number of nitrogen functional groups attached to an aromatic ring is 1. The van der Waals surface area contributed by atoms with E-state index < -0.39 is 5.69 Å². The van der Waals surface area contributed by atoms with Gasteiger partial charge in [0, 0.05) is 17.3 Å². The maximum Gasteiger partial charge on any atom is 0.346 e. The molecular formula is C9H14N4O. The topological polar surface area (TPSA) is 97.8 Å². The predicted molar refractivity (Wildman–Crippen MR) is 53.7 cm³/mol. The normalized spacial score (nSPS) is 18.1. The SMILES string of the molecule is Nc1[nH]c(=O)ncc1CCC1(N)CC1. The number of aromatic nitrogens is 2. The van der Waals surface area contributed by atoms with Gasteiger partial charge in [-0.2, -0.15) is 0 Å². The van der Waals surface area contributed by atoms with Gasteiger partial charge in [0.05, 0.1) is 0 Å². The minimum absolute atomic E-state index is 0.0164. The third-order valence-electron chi connectivity index (χ3n) is 2.71. The van der Waals surface area contributed by atoms with Crippen LogP contribution in [0.1, 0.15) is 24.8 Å². The lowest BCUT2D eigenvalue weighted by Crippen LogP contribution is -2.23. The number of H-pyrrole nitrogens is 1. The van der Waals surface area contributed by atoms with Crippen molar-refractivity contribution in [2.45, 2.75) is 31.2 Å². The van der Waals surface area contributed by atoms with E-state index in [4.69, 9.17) is 11.5 Å². The summed E-state index contributed by atoms with van der Waals surface area (Å²) in [5, 5.41) is 0. The smallest absolute Gasteiger partial charge is 0.346 e. The molecule has 0 aliphatic heterocycles. The number of aryl methyl sites for hydroxylation is 1. The fraction of sp³-hybridized carbons (Fsp3) is 0.556. The zero-order chi connectivity index (χ0) is 10.2. The lowest BCUT2D eigenvalue weighted by Gasteiger charge is -2.08. The molecule has 1 saturated carbocycles. The molecule has 0 unspecified atom stereocenters. The van der Waals surface area contributed by atoms with Crippen LogP contribution >= 0.6 is 0 Å². The summed E-state index contributed by atoms with van der Waals surface area (Å²) < 4.78 is 0. The van der Waals surface area contributed by atoms with Gasteiger partial charge in [-0.05, 0) is 25.7 Å². The molecule has 0 atom stereocenters. The molecule has 1 aromatic heterocycles. The molecule has 0 amide bonds. The first kappa shape index (κ1) is 9.21. The highest BCUT2D eigenvalue weighted by Crippen LogP contribution is 2.36. The molecule has 1 aromatic rings.